The van der Waals surface area contributed by atoms with Gasteiger partial charge in [0.15, 0.2) is 0 Å². The summed E-state index contributed by atoms with van der Waals surface area (Å²) in [5.74, 6) is 2.22. The van der Waals surface area contributed by atoms with Crippen molar-refractivity contribution in [3.8, 4) is 0 Å². The van der Waals surface area contributed by atoms with Crippen LogP contribution in [0, 0.1) is 37.0 Å². The van der Waals surface area contributed by atoms with E-state index in [0.29, 0.717) is 18.7 Å². The van der Waals surface area contributed by atoms with Crippen molar-refractivity contribution in [2.75, 3.05) is 6.61 Å². The number of esters is 1. The fourth-order valence-corrected chi connectivity index (χ4v) is 7.14. The zero-order valence-electron chi connectivity index (χ0n) is 16.0. The molecule has 4 nitrogen and oxygen atoms in total. The number of carbonyl (C=O) groups excluding carboxylic acids is 2. The summed E-state index contributed by atoms with van der Waals surface area (Å²) in [7, 11) is 0. The summed E-state index contributed by atoms with van der Waals surface area (Å²) in [6.07, 6.45) is 7.21. The number of amides is 1. The molecule has 0 aromatic carbocycles. The molecule has 0 aliphatic heterocycles. The number of hydrogen-bond donors (Lipinski definition) is 1. The van der Waals surface area contributed by atoms with Gasteiger partial charge in [0.1, 0.15) is 0 Å². The van der Waals surface area contributed by atoms with E-state index in [0.717, 1.165) is 52.3 Å². The first-order chi connectivity index (χ1) is 12.4. The van der Waals surface area contributed by atoms with Crippen molar-refractivity contribution in [1.29, 1.82) is 0 Å². The molecule has 1 amide bonds. The minimum atomic E-state index is -0.270. The Balaban J connectivity index is 1.49. The molecule has 4 aliphatic rings. The Bertz CT molecular complexity index is 701. The molecule has 142 valence electrons. The Morgan fingerprint density at radius 2 is 1.69 bits per heavy atom. The Morgan fingerprint density at radius 1 is 1.12 bits per heavy atom. The predicted octanol–water partition coefficient (Wildman–Crippen LogP) is 4.37. The molecule has 4 fully saturated rings. The third kappa shape index (κ3) is 2.98. The summed E-state index contributed by atoms with van der Waals surface area (Å²) in [5.41, 5.74) is 1.49. The molecule has 26 heavy (non-hydrogen) atoms. The lowest BCUT2D eigenvalue weighted by molar-refractivity contribution is -0.146. The molecule has 0 unspecified atom stereocenters. The van der Waals surface area contributed by atoms with Crippen LogP contribution in [0.25, 0.3) is 0 Å². The van der Waals surface area contributed by atoms with Crippen molar-refractivity contribution in [2.24, 2.45) is 23.2 Å². The van der Waals surface area contributed by atoms with Crippen molar-refractivity contribution in [3.05, 3.63) is 20.9 Å². The standard InChI is InChI=1S/C21H29NO3S/c1-4-25-19(23)18-12(2)13(3)26-17(18)11-22-20(24)21-8-14-5-15(9-21)7-16(6-14)10-21/h14-16H,4-11H2,1-3H3,(H,22,24). The molecule has 0 atom stereocenters. The topological polar surface area (TPSA) is 55.4 Å². The van der Waals surface area contributed by atoms with Gasteiger partial charge in [-0.1, -0.05) is 0 Å². The van der Waals surface area contributed by atoms with Gasteiger partial charge in [0.2, 0.25) is 5.91 Å². The molecule has 1 aromatic heterocycles. The van der Waals surface area contributed by atoms with E-state index in [4.69, 9.17) is 4.74 Å². The summed E-state index contributed by atoms with van der Waals surface area (Å²) < 4.78 is 5.22. The highest BCUT2D eigenvalue weighted by molar-refractivity contribution is 7.12. The van der Waals surface area contributed by atoms with Crippen molar-refractivity contribution in [3.63, 3.8) is 0 Å². The van der Waals surface area contributed by atoms with Crippen LogP contribution < -0.4 is 5.32 Å². The van der Waals surface area contributed by atoms with Crippen LogP contribution in [0.5, 0.6) is 0 Å². The Hall–Kier alpha value is -1.36. The van der Waals surface area contributed by atoms with E-state index in [1.165, 1.54) is 19.3 Å². The average molecular weight is 376 g/mol. The molecule has 1 aromatic rings. The molecule has 1 heterocycles. The van der Waals surface area contributed by atoms with Gasteiger partial charge in [-0.25, -0.2) is 4.79 Å². The quantitative estimate of drug-likeness (QED) is 0.777. The minimum absolute atomic E-state index is 0.139. The molecule has 5 rings (SSSR count). The van der Waals surface area contributed by atoms with Crippen LogP contribution in [0.4, 0.5) is 0 Å². The lowest BCUT2D eigenvalue weighted by atomic mass is 9.49. The van der Waals surface area contributed by atoms with Crippen molar-refractivity contribution in [2.45, 2.75) is 65.8 Å². The summed E-state index contributed by atoms with van der Waals surface area (Å²) in [5, 5.41) is 3.20. The fourth-order valence-electron chi connectivity index (χ4n) is 6.03. The maximum atomic E-state index is 13.1. The van der Waals surface area contributed by atoms with E-state index in [1.54, 1.807) is 11.3 Å². The van der Waals surface area contributed by atoms with E-state index in [2.05, 4.69) is 5.32 Å². The van der Waals surface area contributed by atoms with Gasteiger partial charge in [-0.15, -0.1) is 11.3 Å². The smallest absolute Gasteiger partial charge is 0.339 e. The molecule has 4 aliphatic carbocycles. The van der Waals surface area contributed by atoms with Gasteiger partial charge in [-0.3, -0.25) is 4.79 Å². The van der Waals surface area contributed by atoms with Crippen LogP contribution in [-0.4, -0.2) is 18.5 Å². The number of nitrogens with one attached hydrogen (secondary N) is 1. The fraction of sp³-hybridized carbons (Fsp3) is 0.714. The lowest BCUT2D eigenvalue weighted by Crippen LogP contribution is -2.53. The second kappa shape index (κ2) is 6.66. The Kier molecular flexibility index (Phi) is 4.62. The molecule has 5 heteroatoms. The number of carbonyl (C=O) groups is 2. The highest BCUT2D eigenvalue weighted by Gasteiger charge is 2.54. The zero-order chi connectivity index (χ0) is 18.5. The van der Waals surface area contributed by atoms with Gasteiger partial charge in [0.05, 0.1) is 18.7 Å². The number of hydrogen-bond acceptors (Lipinski definition) is 4. The van der Waals surface area contributed by atoms with Gasteiger partial charge >= 0.3 is 5.97 Å². The summed E-state index contributed by atoms with van der Waals surface area (Å²) in [4.78, 5) is 27.5. The largest absolute Gasteiger partial charge is 0.462 e. The molecule has 0 radical (unpaired) electrons. The molecule has 0 spiro atoms. The molecule has 4 saturated carbocycles. The van der Waals surface area contributed by atoms with Crippen LogP contribution in [0.3, 0.4) is 0 Å². The molecule has 1 N–H and O–H groups in total. The van der Waals surface area contributed by atoms with Crippen molar-refractivity contribution < 1.29 is 14.3 Å². The highest BCUT2D eigenvalue weighted by atomic mass is 32.1. The molecule has 4 bridgehead atoms. The first kappa shape index (κ1) is 18.0. The van der Waals surface area contributed by atoms with Gasteiger partial charge in [-0.2, -0.15) is 0 Å². The SMILES string of the molecule is CCOC(=O)c1c(CNC(=O)C23CC4CC(CC(C4)C2)C3)sc(C)c1C. The lowest BCUT2D eigenvalue weighted by Gasteiger charge is -2.55. The average Bonchev–Trinajstić information content (AvgIpc) is 2.86. The van der Waals surface area contributed by atoms with E-state index in [-0.39, 0.29) is 17.3 Å². The Morgan fingerprint density at radius 3 is 2.23 bits per heavy atom. The second-order valence-corrected chi connectivity index (χ2v) is 9.99. The second-order valence-electron chi connectivity index (χ2n) is 8.68. The first-order valence-corrected chi connectivity index (χ1v) is 10.8. The molecular weight excluding hydrogens is 346 g/mol. The monoisotopic (exact) mass is 375 g/mol. The third-order valence-electron chi connectivity index (χ3n) is 6.87. The van der Waals surface area contributed by atoms with Gasteiger partial charge in [0.25, 0.3) is 0 Å². The normalized spacial score (nSPS) is 31.9. The van der Waals surface area contributed by atoms with E-state index in [1.807, 2.05) is 20.8 Å². The summed E-state index contributed by atoms with van der Waals surface area (Å²) in [6, 6.07) is 0. The maximum Gasteiger partial charge on any atom is 0.339 e. The van der Waals surface area contributed by atoms with E-state index < -0.39 is 0 Å². The van der Waals surface area contributed by atoms with Crippen LogP contribution in [-0.2, 0) is 16.1 Å². The number of rotatable bonds is 5. The van der Waals surface area contributed by atoms with E-state index >= 15 is 0 Å². The van der Waals surface area contributed by atoms with Crippen LogP contribution in [0.2, 0.25) is 0 Å². The van der Waals surface area contributed by atoms with E-state index in [9.17, 15) is 9.59 Å². The van der Waals surface area contributed by atoms with Crippen LogP contribution >= 0.6 is 11.3 Å². The number of ether oxygens (including phenoxy) is 1. The Labute approximate surface area is 159 Å². The van der Waals surface area contributed by atoms with Crippen molar-refractivity contribution >= 4 is 23.2 Å². The van der Waals surface area contributed by atoms with Gasteiger partial charge in [0, 0.05) is 15.2 Å². The zero-order valence-corrected chi connectivity index (χ0v) is 16.8. The number of aryl methyl sites for hydroxylation is 1. The first-order valence-electron chi connectivity index (χ1n) is 9.96. The van der Waals surface area contributed by atoms with Gasteiger partial charge < -0.3 is 10.1 Å². The maximum absolute atomic E-state index is 13.1. The third-order valence-corrected chi connectivity index (χ3v) is 8.07. The number of thiophene rings is 1. The summed E-state index contributed by atoms with van der Waals surface area (Å²) >= 11 is 1.60. The molecule has 0 saturated heterocycles. The van der Waals surface area contributed by atoms with Crippen LogP contribution in [0.15, 0.2) is 0 Å². The molecular formula is C21H29NO3S. The summed E-state index contributed by atoms with van der Waals surface area (Å²) in [6.45, 7) is 6.61. The minimum Gasteiger partial charge on any atom is -0.462 e. The predicted molar refractivity (Wildman–Crippen MR) is 102 cm³/mol. The van der Waals surface area contributed by atoms with Crippen LogP contribution in [0.1, 0.15) is 71.1 Å². The van der Waals surface area contributed by atoms with Gasteiger partial charge in [-0.05, 0) is 82.6 Å². The van der Waals surface area contributed by atoms with Crippen molar-refractivity contribution in [1.82, 2.24) is 5.32 Å². The highest BCUT2D eigenvalue weighted by Crippen LogP contribution is 2.60.